The predicted molar refractivity (Wildman–Crippen MR) is 176 cm³/mol. The molecular weight excluding hydrogens is 540 g/mol. The summed E-state index contributed by atoms with van der Waals surface area (Å²) in [4.78, 5) is 36.2. The number of benzene rings is 2. The van der Waals surface area contributed by atoms with E-state index in [-0.39, 0.29) is 17.0 Å². The molecule has 1 fully saturated rings. The van der Waals surface area contributed by atoms with Crippen LogP contribution in [0.3, 0.4) is 0 Å². The Morgan fingerprint density at radius 3 is 2.12 bits per heavy atom. The molecule has 1 saturated heterocycles. The molecule has 1 aliphatic heterocycles. The van der Waals surface area contributed by atoms with E-state index in [1.165, 1.54) is 17.7 Å². The zero-order valence-corrected chi connectivity index (χ0v) is 26.3. The first kappa shape index (κ1) is 33.3. The Labute approximate surface area is 256 Å². The van der Waals surface area contributed by atoms with E-state index < -0.39 is 5.91 Å². The van der Waals surface area contributed by atoms with Crippen LogP contribution in [0.4, 0.5) is 23.0 Å². The number of carbonyl (C=O) groups is 2. The molecule has 6 N–H and O–H groups in total. The number of anilines is 4. The van der Waals surface area contributed by atoms with E-state index in [4.69, 9.17) is 11.5 Å². The average molecular weight is 589 g/mol. The van der Waals surface area contributed by atoms with Crippen molar-refractivity contribution in [2.45, 2.75) is 58.8 Å². The summed E-state index contributed by atoms with van der Waals surface area (Å²) in [6, 6.07) is 15.6. The Morgan fingerprint density at radius 2 is 1.58 bits per heavy atom. The summed E-state index contributed by atoms with van der Waals surface area (Å²) in [6.07, 6.45) is 6.26. The number of carbonyl (C=O) groups excluding carboxylic acids is 2. The summed E-state index contributed by atoms with van der Waals surface area (Å²) in [6.45, 7) is 13.4. The third-order valence-corrected chi connectivity index (χ3v) is 7.33. The number of hydrogen-bond acceptors (Lipinski definition) is 8. The molecule has 1 aromatic heterocycles. The van der Waals surface area contributed by atoms with Crippen molar-refractivity contribution in [1.29, 1.82) is 0 Å². The number of aromatic nitrogens is 2. The molecular formula is C33H48N8O2. The highest BCUT2D eigenvalue weighted by Crippen LogP contribution is 2.25. The van der Waals surface area contributed by atoms with E-state index in [2.05, 4.69) is 70.2 Å². The van der Waals surface area contributed by atoms with E-state index >= 15 is 0 Å². The molecule has 0 atom stereocenters. The summed E-state index contributed by atoms with van der Waals surface area (Å²) in [5, 5.41) is 6.45. The van der Waals surface area contributed by atoms with Crippen LogP contribution in [0, 0.1) is 0 Å². The van der Waals surface area contributed by atoms with Gasteiger partial charge in [-0.3, -0.25) is 9.59 Å². The van der Waals surface area contributed by atoms with Crippen LogP contribution < -0.4 is 31.9 Å². The fraction of sp³-hybridized carbons (Fsp3) is 0.455. The minimum atomic E-state index is -0.590. The minimum absolute atomic E-state index is 0.121. The van der Waals surface area contributed by atoms with Crippen LogP contribution in [0.25, 0.3) is 0 Å². The molecule has 10 nitrogen and oxygen atoms in total. The van der Waals surface area contributed by atoms with Crippen LogP contribution in [0.15, 0.2) is 54.7 Å². The van der Waals surface area contributed by atoms with Crippen LogP contribution in [0.1, 0.15) is 79.8 Å². The SMILES string of the molecule is CC(C)(C)c1ccc(C(N)=O)cc1.CCCN(CCNC)c1ccc(Nc2nc(N3CCCCC3)cnc2C(N)=O)cc1. The molecule has 232 valence electrons. The number of rotatable bonds is 11. The van der Waals surface area contributed by atoms with E-state index in [9.17, 15) is 9.59 Å². The van der Waals surface area contributed by atoms with Gasteiger partial charge in [-0.2, -0.15) is 0 Å². The highest BCUT2D eigenvalue weighted by molar-refractivity contribution is 5.96. The van der Waals surface area contributed by atoms with Gasteiger partial charge >= 0.3 is 0 Å². The lowest BCUT2D eigenvalue weighted by Crippen LogP contribution is -2.31. The third kappa shape index (κ3) is 9.95. The highest BCUT2D eigenvalue weighted by Gasteiger charge is 2.18. The first-order chi connectivity index (χ1) is 20.5. The lowest BCUT2D eigenvalue weighted by atomic mass is 9.87. The molecule has 2 heterocycles. The molecule has 1 aliphatic rings. The Balaban J connectivity index is 0.000000326. The zero-order chi connectivity index (χ0) is 31.4. The number of likely N-dealkylation sites (N-methyl/N-ethyl adjacent to an activating group) is 1. The second-order valence-electron chi connectivity index (χ2n) is 11.8. The van der Waals surface area contributed by atoms with Crippen molar-refractivity contribution in [2.75, 3.05) is 54.9 Å². The fourth-order valence-corrected chi connectivity index (χ4v) is 4.84. The van der Waals surface area contributed by atoms with Gasteiger partial charge in [-0.25, -0.2) is 9.97 Å². The number of amides is 2. The summed E-state index contributed by atoms with van der Waals surface area (Å²) < 4.78 is 0. The van der Waals surface area contributed by atoms with Gasteiger partial charge < -0.3 is 31.9 Å². The van der Waals surface area contributed by atoms with E-state index in [0.29, 0.717) is 11.4 Å². The van der Waals surface area contributed by atoms with Gasteiger partial charge in [0, 0.05) is 49.7 Å². The first-order valence-electron chi connectivity index (χ1n) is 15.1. The van der Waals surface area contributed by atoms with Crippen LogP contribution >= 0.6 is 0 Å². The molecule has 0 aliphatic carbocycles. The maximum Gasteiger partial charge on any atom is 0.271 e. The molecule has 2 amide bonds. The van der Waals surface area contributed by atoms with Gasteiger partial charge in [0.2, 0.25) is 5.91 Å². The van der Waals surface area contributed by atoms with Crippen LogP contribution in [-0.4, -0.2) is 61.6 Å². The normalized spacial score (nSPS) is 13.1. The van der Waals surface area contributed by atoms with Crippen molar-refractivity contribution >= 4 is 34.8 Å². The highest BCUT2D eigenvalue weighted by atomic mass is 16.1. The molecule has 43 heavy (non-hydrogen) atoms. The summed E-state index contributed by atoms with van der Waals surface area (Å²) in [5.41, 5.74) is 14.7. The Bertz CT molecular complexity index is 1310. The number of piperidine rings is 1. The molecule has 4 rings (SSSR count). The molecule has 0 spiro atoms. The minimum Gasteiger partial charge on any atom is -0.370 e. The molecule has 2 aromatic carbocycles. The monoisotopic (exact) mass is 588 g/mol. The topological polar surface area (TPSA) is 142 Å². The van der Waals surface area contributed by atoms with Gasteiger partial charge in [-0.1, -0.05) is 39.8 Å². The lowest BCUT2D eigenvalue weighted by molar-refractivity contribution is 0.0989. The molecule has 0 saturated carbocycles. The second-order valence-corrected chi connectivity index (χ2v) is 11.8. The van der Waals surface area contributed by atoms with Crippen molar-refractivity contribution in [3.63, 3.8) is 0 Å². The van der Waals surface area contributed by atoms with Crippen molar-refractivity contribution in [3.8, 4) is 0 Å². The number of hydrogen-bond donors (Lipinski definition) is 4. The zero-order valence-electron chi connectivity index (χ0n) is 26.3. The number of nitrogens with one attached hydrogen (secondary N) is 2. The van der Waals surface area contributed by atoms with Gasteiger partial charge in [-0.15, -0.1) is 0 Å². The van der Waals surface area contributed by atoms with Crippen LogP contribution in [0.5, 0.6) is 0 Å². The Kier molecular flexibility index (Phi) is 12.3. The van der Waals surface area contributed by atoms with Crippen molar-refractivity contribution in [2.24, 2.45) is 11.5 Å². The summed E-state index contributed by atoms with van der Waals surface area (Å²) in [7, 11) is 1.96. The lowest BCUT2D eigenvalue weighted by Gasteiger charge is -2.28. The molecule has 0 unspecified atom stereocenters. The summed E-state index contributed by atoms with van der Waals surface area (Å²) >= 11 is 0. The molecule has 0 radical (unpaired) electrons. The van der Waals surface area contributed by atoms with Gasteiger partial charge in [0.25, 0.3) is 5.91 Å². The maximum absolute atomic E-state index is 11.9. The first-order valence-corrected chi connectivity index (χ1v) is 15.1. The van der Waals surface area contributed by atoms with Crippen LogP contribution in [-0.2, 0) is 5.41 Å². The molecule has 0 bridgehead atoms. The number of primary amides is 2. The number of nitrogens with zero attached hydrogens (tertiary/aromatic N) is 4. The van der Waals surface area contributed by atoms with Gasteiger partial charge in [0.15, 0.2) is 11.5 Å². The van der Waals surface area contributed by atoms with E-state index in [0.717, 1.165) is 63.5 Å². The fourth-order valence-electron chi connectivity index (χ4n) is 4.84. The maximum atomic E-state index is 11.9. The van der Waals surface area contributed by atoms with Crippen molar-refractivity contribution in [1.82, 2.24) is 15.3 Å². The van der Waals surface area contributed by atoms with Gasteiger partial charge in [0.05, 0.1) is 6.20 Å². The third-order valence-electron chi connectivity index (χ3n) is 7.33. The quantitative estimate of drug-likeness (QED) is 0.250. The molecule has 10 heteroatoms. The van der Waals surface area contributed by atoms with Crippen LogP contribution in [0.2, 0.25) is 0 Å². The van der Waals surface area contributed by atoms with E-state index in [1.807, 2.05) is 31.3 Å². The smallest absolute Gasteiger partial charge is 0.271 e. The standard InChI is InChI=1S/C22H33N7O.C11H15NO/c1-3-12-28(15-11-24-2)18-9-7-17(8-10-18)26-22-20(21(23)30)25-16-19(27-22)29-13-5-4-6-14-29;1-11(2,3)9-6-4-8(5-7-9)10(12)13/h7-10,16,24H,3-6,11-15H2,1-2H3,(H2,23,30)(H,26,27);4-7H,1-3H3,(H2,12,13). The Hall–Kier alpha value is -4.18. The van der Waals surface area contributed by atoms with Gasteiger partial charge in [0.1, 0.15) is 5.82 Å². The number of nitrogens with two attached hydrogens (primary N) is 2. The van der Waals surface area contributed by atoms with Gasteiger partial charge in [-0.05, 0) is 80.1 Å². The molecule has 3 aromatic rings. The predicted octanol–water partition coefficient (Wildman–Crippen LogP) is 4.83. The van der Waals surface area contributed by atoms with Crippen molar-refractivity contribution in [3.05, 3.63) is 71.5 Å². The van der Waals surface area contributed by atoms with E-state index in [1.54, 1.807) is 18.3 Å². The Morgan fingerprint density at radius 1 is 0.930 bits per heavy atom. The second kappa shape index (κ2) is 15.9. The summed E-state index contributed by atoms with van der Waals surface area (Å²) in [5.74, 6) is 0.215. The average Bonchev–Trinajstić information content (AvgIpc) is 3.00. The van der Waals surface area contributed by atoms with Crippen molar-refractivity contribution < 1.29 is 9.59 Å². The largest absolute Gasteiger partial charge is 0.370 e.